The van der Waals surface area contributed by atoms with E-state index >= 15 is 0 Å². The molecule has 0 spiro atoms. The van der Waals surface area contributed by atoms with Crippen molar-refractivity contribution in [1.82, 2.24) is 0 Å². The first-order chi connectivity index (χ1) is 27.3. The van der Waals surface area contributed by atoms with E-state index < -0.39 is 0 Å². The van der Waals surface area contributed by atoms with Gasteiger partial charge in [-0.05, 0) is 94.4 Å². The minimum atomic E-state index is 0.821. The Hall–Kier alpha value is -7.36. The molecule has 0 aliphatic heterocycles. The molecule has 0 radical (unpaired) electrons. The summed E-state index contributed by atoms with van der Waals surface area (Å²) in [6.07, 6.45) is 0. The van der Waals surface area contributed by atoms with E-state index in [2.05, 4.69) is 228 Å². The van der Waals surface area contributed by atoms with Crippen LogP contribution < -0.4 is 9.80 Å². The molecule has 1 aromatic heterocycles. The summed E-state index contributed by atoms with van der Waals surface area (Å²) in [5.41, 5.74) is 12.5. The van der Waals surface area contributed by atoms with Gasteiger partial charge in [0.25, 0.3) is 0 Å². The van der Waals surface area contributed by atoms with Crippen molar-refractivity contribution >= 4 is 66.8 Å². The monoisotopic (exact) mass is 704 g/mol. The number of nitrogens with zero attached hydrogens (tertiary/aromatic N) is 2. The average Bonchev–Trinajstić information content (AvgIpc) is 3.66. The lowest BCUT2D eigenvalue weighted by Gasteiger charge is -2.33. The molecule has 0 saturated carbocycles. The minimum absolute atomic E-state index is 0.821. The van der Waals surface area contributed by atoms with Gasteiger partial charge in [0.15, 0.2) is 5.58 Å². The van der Waals surface area contributed by atoms with Gasteiger partial charge in [0, 0.05) is 38.9 Å². The summed E-state index contributed by atoms with van der Waals surface area (Å²) in [4.78, 5) is 4.70. The van der Waals surface area contributed by atoms with Gasteiger partial charge in [0.05, 0.1) is 5.69 Å². The molecule has 0 fully saturated rings. The Bertz CT molecular complexity index is 2890. The first-order valence-corrected chi connectivity index (χ1v) is 18.7. The molecule has 0 amide bonds. The molecule has 0 aliphatic carbocycles. The van der Waals surface area contributed by atoms with Gasteiger partial charge in [-0.15, -0.1) is 0 Å². The maximum Gasteiger partial charge on any atom is 0.161 e. The molecule has 260 valence electrons. The Kier molecular flexibility index (Phi) is 8.16. The van der Waals surface area contributed by atoms with Crippen LogP contribution in [0.4, 0.5) is 34.1 Å². The van der Waals surface area contributed by atoms with Gasteiger partial charge in [0.1, 0.15) is 11.3 Å². The molecule has 0 atom stereocenters. The lowest BCUT2D eigenvalue weighted by Crippen LogP contribution is -2.17. The van der Waals surface area contributed by atoms with E-state index in [-0.39, 0.29) is 0 Å². The zero-order chi connectivity index (χ0) is 36.6. The Morgan fingerprint density at radius 1 is 0.273 bits per heavy atom. The lowest BCUT2D eigenvalue weighted by atomic mass is 10.0. The summed E-state index contributed by atoms with van der Waals surface area (Å²) in [6.45, 7) is 0. The van der Waals surface area contributed by atoms with Crippen LogP contribution >= 0.6 is 0 Å². The summed E-state index contributed by atoms with van der Waals surface area (Å²) >= 11 is 0. The van der Waals surface area contributed by atoms with Gasteiger partial charge in [-0.1, -0.05) is 152 Å². The standard InChI is InChI=1S/C52H36N2O/c1-5-15-37(16-6-1)39-25-30-44(31-26-39)53(42-20-9-3-10-21-42)49-36-35-48-47-34-29-41-19-13-14-24-46(41)51(47)55-52(48)50(49)54(43-22-11-4-12-23-43)45-32-27-40(28-33-45)38-17-7-2-8-18-38/h1-36H. The minimum Gasteiger partial charge on any atom is -0.453 e. The van der Waals surface area contributed by atoms with Crippen LogP contribution in [0.5, 0.6) is 0 Å². The van der Waals surface area contributed by atoms with E-state index in [0.29, 0.717) is 0 Å². The second-order valence-electron chi connectivity index (χ2n) is 13.7. The summed E-state index contributed by atoms with van der Waals surface area (Å²) in [5.74, 6) is 0. The van der Waals surface area contributed by atoms with Gasteiger partial charge in [0.2, 0.25) is 0 Å². The van der Waals surface area contributed by atoms with Crippen LogP contribution in [0.2, 0.25) is 0 Å². The van der Waals surface area contributed by atoms with E-state index in [9.17, 15) is 0 Å². The number of benzene rings is 9. The average molecular weight is 705 g/mol. The highest BCUT2D eigenvalue weighted by Gasteiger charge is 2.28. The molecule has 10 rings (SSSR count). The van der Waals surface area contributed by atoms with Crippen LogP contribution in [0.15, 0.2) is 223 Å². The van der Waals surface area contributed by atoms with Crippen LogP contribution in [0, 0.1) is 0 Å². The zero-order valence-corrected chi connectivity index (χ0v) is 30.1. The van der Waals surface area contributed by atoms with Crippen molar-refractivity contribution < 1.29 is 4.42 Å². The van der Waals surface area contributed by atoms with Gasteiger partial charge < -0.3 is 14.2 Å². The first kappa shape index (κ1) is 32.3. The number of para-hydroxylation sites is 2. The fourth-order valence-electron chi connectivity index (χ4n) is 7.80. The van der Waals surface area contributed by atoms with E-state index in [1.54, 1.807) is 0 Å². The smallest absolute Gasteiger partial charge is 0.161 e. The zero-order valence-electron chi connectivity index (χ0n) is 30.1. The summed E-state index contributed by atoms with van der Waals surface area (Å²) in [7, 11) is 0. The van der Waals surface area contributed by atoms with Crippen LogP contribution in [0.1, 0.15) is 0 Å². The summed E-state index contributed by atoms with van der Waals surface area (Å²) in [6, 6.07) is 77.4. The summed E-state index contributed by atoms with van der Waals surface area (Å²) < 4.78 is 7.19. The molecular formula is C52H36N2O. The molecule has 1 heterocycles. The second kappa shape index (κ2) is 13.9. The highest BCUT2D eigenvalue weighted by Crippen LogP contribution is 2.51. The number of fused-ring (bicyclic) bond motifs is 5. The Balaban J connectivity index is 1.26. The number of hydrogen-bond acceptors (Lipinski definition) is 3. The highest BCUT2D eigenvalue weighted by atomic mass is 16.3. The molecule has 55 heavy (non-hydrogen) atoms. The van der Waals surface area contributed by atoms with Crippen LogP contribution in [0.25, 0.3) is 55.0 Å². The fourth-order valence-corrected chi connectivity index (χ4v) is 7.80. The topological polar surface area (TPSA) is 19.6 Å². The quantitative estimate of drug-likeness (QED) is 0.157. The predicted octanol–water partition coefficient (Wildman–Crippen LogP) is 15.0. The van der Waals surface area contributed by atoms with Crippen LogP contribution in [-0.2, 0) is 0 Å². The number of hydrogen-bond donors (Lipinski definition) is 0. The molecule has 0 aliphatic rings. The lowest BCUT2D eigenvalue weighted by molar-refractivity contribution is 0.673. The van der Waals surface area contributed by atoms with E-state index in [4.69, 9.17) is 4.42 Å². The predicted molar refractivity (Wildman–Crippen MR) is 231 cm³/mol. The molecule has 0 saturated heterocycles. The van der Waals surface area contributed by atoms with E-state index in [0.717, 1.165) is 72.4 Å². The van der Waals surface area contributed by atoms with Crippen molar-refractivity contribution in [2.75, 3.05) is 9.80 Å². The van der Waals surface area contributed by atoms with Crippen LogP contribution in [0.3, 0.4) is 0 Å². The molecular weight excluding hydrogens is 669 g/mol. The van der Waals surface area contributed by atoms with Gasteiger partial charge in [-0.3, -0.25) is 0 Å². The number of anilines is 6. The van der Waals surface area contributed by atoms with Crippen LogP contribution in [-0.4, -0.2) is 0 Å². The Morgan fingerprint density at radius 2 is 0.691 bits per heavy atom. The van der Waals surface area contributed by atoms with Crippen molar-refractivity contribution in [2.24, 2.45) is 0 Å². The summed E-state index contributed by atoms with van der Waals surface area (Å²) in [5, 5.41) is 4.40. The molecule has 9 aromatic carbocycles. The van der Waals surface area contributed by atoms with Gasteiger partial charge >= 0.3 is 0 Å². The molecule has 0 N–H and O–H groups in total. The fraction of sp³-hybridized carbons (Fsp3) is 0. The number of rotatable bonds is 8. The molecule has 3 heteroatoms. The van der Waals surface area contributed by atoms with Crippen molar-refractivity contribution in [1.29, 1.82) is 0 Å². The maximum atomic E-state index is 7.19. The van der Waals surface area contributed by atoms with Crippen molar-refractivity contribution in [3.63, 3.8) is 0 Å². The van der Waals surface area contributed by atoms with Gasteiger partial charge in [-0.2, -0.15) is 0 Å². The largest absolute Gasteiger partial charge is 0.453 e. The third kappa shape index (κ3) is 5.89. The van der Waals surface area contributed by atoms with E-state index in [1.807, 2.05) is 0 Å². The van der Waals surface area contributed by atoms with Crippen molar-refractivity contribution in [2.45, 2.75) is 0 Å². The Labute approximate surface area is 320 Å². The third-order valence-electron chi connectivity index (χ3n) is 10.4. The molecule has 3 nitrogen and oxygen atoms in total. The van der Waals surface area contributed by atoms with Crippen molar-refractivity contribution in [3.8, 4) is 22.3 Å². The van der Waals surface area contributed by atoms with Gasteiger partial charge in [-0.25, -0.2) is 0 Å². The van der Waals surface area contributed by atoms with E-state index in [1.165, 1.54) is 16.7 Å². The Morgan fingerprint density at radius 3 is 1.27 bits per heavy atom. The third-order valence-corrected chi connectivity index (χ3v) is 10.4. The molecule has 0 bridgehead atoms. The second-order valence-corrected chi connectivity index (χ2v) is 13.7. The highest BCUT2D eigenvalue weighted by molar-refractivity contribution is 6.19. The normalized spacial score (nSPS) is 11.3. The maximum absolute atomic E-state index is 7.19. The van der Waals surface area contributed by atoms with Crippen molar-refractivity contribution in [3.05, 3.63) is 218 Å². The molecule has 0 unspecified atom stereocenters. The number of furan rings is 1. The molecule has 10 aromatic rings. The first-order valence-electron chi connectivity index (χ1n) is 18.7. The SMILES string of the molecule is c1ccc(-c2ccc(N(c3ccccc3)c3ccc4c(oc5c6ccccc6ccc45)c3N(c3ccccc3)c3ccc(-c4ccccc4)cc3)cc2)cc1.